The van der Waals surface area contributed by atoms with Gasteiger partial charge in [0.05, 0.1) is 17.6 Å². The molecular formula is C11H11N3O. The molecule has 0 fully saturated rings. The molecule has 0 unspecified atom stereocenters. The van der Waals surface area contributed by atoms with E-state index in [0.717, 1.165) is 16.6 Å². The highest BCUT2D eigenvalue weighted by Crippen LogP contribution is 2.21. The summed E-state index contributed by atoms with van der Waals surface area (Å²) in [6.45, 7) is -0.0178. The van der Waals surface area contributed by atoms with E-state index in [-0.39, 0.29) is 6.61 Å². The summed E-state index contributed by atoms with van der Waals surface area (Å²) in [6, 6.07) is 3.61. The van der Waals surface area contributed by atoms with Gasteiger partial charge in [-0.2, -0.15) is 0 Å². The molecule has 0 spiro atoms. The van der Waals surface area contributed by atoms with Crippen molar-refractivity contribution in [3.8, 4) is 0 Å². The molecular weight excluding hydrogens is 190 g/mol. The van der Waals surface area contributed by atoms with Crippen LogP contribution in [0.25, 0.3) is 17.1 Å². The highest BCUT2D eigenvalue weighted by atomic mass is 16.2. The molecule has 0 aliphatic heterocycles. The van der Waals surface area contributed by atoms with Crippen molar-refractivity contribution in [2.45, 2.75) is 0 Å². The molecule has 2 aromatic rings. The molecule has 4 nitrogen and oxygen atoms in total. The fourth-order valence-electron chi connectivity index (χ4n) is 1.42. The summed E-state index contributed by atoms with van der Waals surface area (Å²) < 4.78 is 0. The lowest BCUT2D eigenvalue weighted by Gasteiger charge is -2.03. The third-order valence-electron chi connectivity index (χ3n) is 2.10. The van der Waals surface area contributed by atoms with Gasteiger partial charge in [-0.25, -0.2) is 0 Å². The SMILES string of the molecule is Nc1ccc2nccnc2c1C=CCO. The van der Waals surface area contributed by atoms with Gasteiger partial charge in [-0.3, -0.25) is 9.97 Å². The number of aromatic nitrogens is 2. The third-order valence-corrected chi connectivity index (χ3v) is 2.10. The average molecular weight is 201 g/mol. The molecule has 0 saturated heterocycles. The topological polar surface area (TPSA) is 72.0 Å². The Labute approximate surface area is 87.1 Å². The van der Waals surface area contributed by atoms with Crippen LogP contribution in [0.15, 0.2) is 30.6 Å². The summed E-state index contributed by atoms with van der Waals surface area (Å²) in [4.78, 5) is 8.40. The van der Waals surface area contributed by atoms with Gasteiger partial charge < -0.3 is 10.8 Å². The molecule has 3 N–H and O–H groups in total. The lowest BCUT2D eigenvalue weighted by molar-refractivity contribution is 0.343. The molecule has 0 radical (unpaired) electrons. The fourth-order valence-corrected chi connectivity index (χ4v) is 1.42. The first-order chi connectivity index (χ1) is 7.33. The van der Waals surface area contributed by atoms with Crippen molar-refractivity contribution < 1.29 is 5.11 Å². The summed E-state index contributed by atoms with van der Waals surface area (Å²) in [5, 5.41) is 8.73. The molecule has 2 rings (SSSR count). The van der Waals surface area contributed by atoms with E-state index in [1.54, 1.807) is 30.6 Å². The predicted octanol–water partition coefficient (Wildman–Crippen LogP) is 1.22. The van der Waals surface area contributed by atoms with Crippen LogP contribution < -0.4 is 5.73 Å². The van der Waals surface area contributed by atoms with Crippen LogP contribution in [0.4, 0.5) is 5.69 Å². The van der Waals surface area contributed by atoms with Crippen LogP contribution in [0.5, 0.6) is 0 Å². The number of fused-ring (bicyclic) bond motifs is 1. The average Bonchev–Trinajstić information content (AvgIpc) is 2.28. The molecule has 1 heterocycles. The zero-order valence-electron chi connectivity index (χ0n) is 8.09. The number of rotatable bonds is 2. The largest absolute Gasteiger partial charge is 0.398 e. The molecule has 0 saturated carbocycles. The summed E-state index contributed by atoms with van der Waals surface area (Å²) in [5.41, 5.74) is 8.81. The first-order valence-electron chi connectivity index (χ1n) is 4.59. The van der Waals surface area contributed by atoms with Crippen LogP contribution in [0.2, 0.25) is 0 Å². The van der Waals surface area contributed by atoms with Crippen molar-refractivity contribution in [3.05, 3.63) is 36.2 Å². The van der Waals surface area contributed by atoms with Gasteiger partial charge in [0.2, 0.25) is 0 Å². The number of nitrogens with two attached hydrogens (primary N) is 1. The first-order valence-corrected chi connectivity index (χ1v) is 4.59. The number of aliphatic hydroxyl groups is 1. The molecule has 0 amide bonds. The maximum Gasteiger partial charge on any atom is 0.0979 e. The van der Waals surface area contributed by atoms with Gasteiger partial charge in [-0.05, 0) is 12.1 Å². The fraction of sp³-hybridized carbons (Fsp3) is 0.0909. The summed E-state index contributed by atoms with van der Waals surface area (Å²) in [7, 11) is 0. The third kappa shape index (κ3) is 1.80. The Morgan fingerprint density at radius 2 is 2.07 bits per heavy atom. The van der Waals surface area contributed by atoms with Crippen molar-refractivity contribution in [3.63, 3.8) is 0 Å². The second-order valence-electron chi connectivity index (χ2n) is 3.08. The maximum atomic E-state index is 8.73. The lowest BCUT2D eigenvalue weighted by Crippen LogP contribution is -1.93. The molecule has 0 atom stereocenters. The number of hydrogen-bond acceptors (Lipinski definition) is 4. The zero-order chi connectivity index (χ0) is 10.7. The number of benzene rings is 1. The van der Waals surface area contributed by atoms with Crippen molar-refractivity contribution >= 4 is 22.8 Å². The zero-order valence-corrected chi connectivity index (χ0v) is 8.09. The molecule has 1 aromatic carbocycles. The summed E-state index contributed by atoms with van der Waals surface area (Å²) in [6.07, 6.45) is 6.64. The number of nitrogens with zero attached hydrogens (tertiary/aromatic N) is 2. The smallest absolute Gasteiger partial charge is 0.0979 e. The predicted molar refractivity (Wildman–Crippen MR) is 60.1 cm³/mol. The van der Waals surface area contributed by atoms with Crippen LogP contribution in [-0.4, -0.2) is 21.7 Å². The van der Waals surface area contributed by atoms with Crippen LogP contribution in [0.3, 0.4) is 0 Å². The number of nitrogen functional groups attached to an aromatic ring is 1. The normalized spacial score (nSPS) is 11.3. The summed E-state index contributed by atoms with van der Waals surface area (Å²) in [5.74, 6) is 0. The van der Waals surface area contributed by atoms with Crippen LogP contribution in [0, 0.1) is 0 Å². The standard InChI is InChI=1S/C11H11N3O/c12-9-3-4-10-11(14-6-5-13-10)8(9)2-1-7-15/h1-6,15H,7,12H2. The minimum atomic E-state index is -0.0178. The minimum absolute atomic E-state index is 0.0178. The van der Waals surface area contributed by atoms with Gasteiger partial charge in [0.25, 0.3) is 0 Å². The van der Waals surface area contributed by atoms with Crippen molar-refractivity contribution in [2.24, 2.45) is 0 Å². The van der Waals surface area contributed by atoms with E-state index in [1.807, 2.05) is 6.07 Å². The quantitative estimate of drug-likeness (QED) is 0.716. The van der Waals surface area contributed by atoms with Gasteiger partial charge in [0.15, 0.2) is 0 Å². The highest BCUT2D eigenvalue weighted by molar-refractivity contribution is 5.89. The Kier molecular flexibility index (Phi) is 2.60. The van der Waals surface area contributed by atoms with Crippen molar-refractivity contribution in [1.82, 2.24) is 9.97 Å². The van der Waals surface area contributed by atoms with E-state index in [1.165, 1.54) is 0 Å². The Morgan fingerprint density at radius 3 is 2.87 bits per heavy atom. The van der Waals surface area contributed by atoms with E-state index in [4.69, 9.17) is 10.8 Å². The maximum absolute atomic E-state index is 8.73. The Morgan fingerprint density at radius 1 is 1.27 bits per heavy atom. The minimum Gasteiger partial charge on any atom is -0.398 e. The van der Waals surface area contributed by atoms with Gasteiger partial charge in [-0.15, -0.1) is 0 Å². The second kappa shape index (κ2) is 4.06. The van der Waals surface area contributed by atoms with Crippen LogP contribution >= 0.6 is 0 Å². The van der Waals surface area contributed by atoms with E-state index in [2.05, 4.69) is 9.97 Å². The highest BCUT2D eigenvalue weighted by Gasteiger charge is 2.03. The van der Waals surface area contributed by atoms with Gasteiger partial charge in [0, 0.05) is 23.6 Å². The molecule has 0 aliphatic carbocycles. The molecule has 4 heteroatoms. The van der Waals surface area contributed by atoms with Gasteiger partial charge in [-0.1, -0.05) is 12.2 Å². The van der Waals surface area contributed by atoms with E-state index in [0.29, 0.717) is 5.69 Å². The molecule has 1 aromatic heterocycles. The Bertz CT molecular complexity index is 508. The van der Waals surface area contributed by atoms with Crippen LogP contribution in [-0.2, 0) is 0 Å². The van der Waals surface area contributed by atoms with Crippen molar-refractivity contribution in [2.75, 3.05) is 12.3 Å². The van der Waals surface area contributed by atoms with Crippen LogP contribution in [0.1, 0.15) is 5.56 Å². The summed E-state index contributed by atoms with van der Waals surface area (Å²) >= 11 is 0. The monoisotopic (exact) mass is 201 g/mol. The van der Waals surface area contributed by atoms with E-state index >= 15 is 0 Å². The number of anilines is 1. The Hall–Kier alpha value is -1.94. The molecule has 0 bridgehead atoms. The Balaban J connectivity index is 2.68. The van der Waals surface area contributed by atoms with E-state index in [9.17, 15) is 0 Å². The van der Waals surface area contributed by atoms with Gasteiger partial charge >= 0.3 is 0 Å². The molecule has 15 heavy (non-hydrogen) atoms. The number of aliphatic hydroxyl groups excluding tert-OH is 1. The number of hydrogen-bond donors (Lipinski definition) is 2. The molecule has 0 aliphatic rings. The second-order valence-corrected chi connectivity index (χ2v) is 3.08. The van der Waals surface area contributed by atoms with Crippen molar-refractivity contribution in [1.29, 1.82) is 0 Å². The molecule has 76 valence electrons. The van der Waals surface area contributed by atoms with Gasteiger partial charge in [0.1, 0.15) is 0 Å². The lowest BCUT2D eigenvalue weighted by atomic mass is 10.1. The first kappa shape index (κ1) is 9.61. The van der Waals surface area contributed by atoms with E-state index < -0.39 is 0 Å².